The van der Waals surface area contributed by atoms with E-state index in [1.807, 2.05) is 38.1 Å². The van der Waals surface area contributed by atoms with E-state index in [0.717, 1.165) is 22.9 Å². The summed E-state index contributed by atoms with van der Waals surface area (Å²) in [7, 11) is 1.55. The van der Waals surface area contributed by atoms with Crippen molar-refractivity contribution in [3.8, 4) is 17.2 Å². The number of carbonyl (C=O) groups excluding carboxylic acids is 3. The number of amides is 2. The van der Waals surface area contributed by atoms with E-state index in [1.54, 1.807) is 49.6 Å². The topological polar surface area (TPSA) is 82.1 Å². The maximum Gasteiger partial charge on any atom is 0.343 e. The zero-order valence-electron chi connectivity index (χ0n) is 20.4. The SMILES string of the molecule is CCOc1cc(/C=C2\SC(=O)N(Cc3ccc(C)cc3)C2=O)cc(I)c1OC(=O)c1ccc(OC)cc1. The summed E-state index contributed by atoms with van der Waals surface area (Å²) < 4.78 is 17.2. The zero-order valence-corrected chi connectivity index (χ0v) is 23.4. The molecule has 0 bridgehead atoms. The molecule has 0 spiro atoms. The highest BCUT2D eigenvalue weighted by molar-refractivity contribution is 14.1. The van der Waals surface area contributed by atoms with Gasteiger partial charge in [0.1, 0.15) is 5.75 Å². The number of halogens is 1. The minimum absolute atomic E-state index is 0.213. The highest BCUT2D eigenvalue weighted by Crippen LogP contribution is 2.38. The molecule has 4 rings (SSSR count). The molecule has 0 aliphatic carbocycles. The number of benzene rings is 3. The van der Waals surface area contributed by atoms with Gasteiger partial charge in [0, 0.05) is 0 Å². The Labute approximate surface area is 232 Å². The molecule has 0 atom stereocenters. The van der Waals surface area contributed by atoms with Crippen LogP contribution in [0.25, 0.3) is 6.08 Å². The first-order valence-corrected chi connectivity index (χ1v) is 13.3. The summed E-state index contributed by atoms with van der Waals surface area (Å²) in [4.78, 5) is 39.9. The Balaban J connectivity index is 1.56. The lowest BCUT2D eigenvalue weighted by Gasteiger charge is -2.14. The van der Waals surface area contributed by atoms with Crippen LogP contribution in [0.1, 0.15) is 34.0 Å². The van der Waals surface area contributed by atoms with Gasteiger partial charge in [0.25, 0.3) is 11.1 Å². The number of thioether (sulfide) groups is 1. The van der Waals surface area contributed by atoms with Crippen LogP contribution in [0, 0.1) is 10.5 Å². The Hall–Kier alpha value is -3.31. The van der Waals surface area contributed by atoms with Crippen molar-refractivity contribution in [1.82, 2.24) is 4.90 Å². The fourth-order valence-electron chi connectivity index (χ4n) is 3.58. The molecule has 0 aromatic heterocycles. The monoisotopic (exact) mass is 629 g/mol. The summed E-state index contributed by atoms with van der Waals surface area (Å²) >= 11 is 2.96. The molecule has 0 N–H and O–H groups in total. The number of aryl methyl sites for hydroxylation is 1. The maximum atomic E-state index is 13.0. The molecule has 1 heterocycles. The standard InChI is InChI=1S/C28H24INO6S/c1-4-35-23-14-19(13-22(29)25(23)36-27(32)20-9-11-21(34-3)12-10-20)15-24-26(31)30(28(33)37-24)16-18-7-5-17(2)6-8-18/h5-15H,4,16H2,1-3H3/b24-15-. The normalized spacial score (nSPS) is 14.3. The minimum atomic E-state index is -0.536. The molecule has 37 heavy (non-hydrogen) atoms. The third kappa shape index (κ3) is 6.34. The van der Waals surface area contributed by atoms with Gasteiger partial charge in [-0.25, -0.2) is 4.79 Å². The van der Waals surface area contributed by atoms with E-state index in [-0.39, 0.29) is 23.4 Å². The van der Waals surface area contributed by atoms with Gasteiger partial charge < -0.3 is 14.2 Å². The van der Waals surface area contributed by atoms with Crippen LogP contribution in [-0.4, -0.2) is 35.7 Å². The van der Waals surface area contributed by atoms with Crippen LogP contribution in [0.3, 0.4) is 0 Å². The molecule has 9 heteroatoms. The molecule has 7 nitrogen and oxygen atoms in total. The minimum Gasteiger partial charge on any atom is -0.497 e. The van der Waals surface area contributed by atoms with Gasteiger partial charge in [-0.3, -0.25) is 14.5 Å². The number of carbonyl (C=O) groups is 3. The maximum absolute atomic E-state index is 13.0. The summed E-state index contributed by atoms with van der Waals surface area (Å²) in [6.45, 7) is 4.37. The Morgan fingerprint density at radius 3 is 2.41 bits per heavy atom. The average Bonchev–Trinajstić information content (AvgIpc) is 3.14. The number of hydrogen-bond acceptors (Lipinski definition) is 7. The molecule has 2 amide bonds. The van der Waals surface area contributed by atoms with Crippen LogP contribution in [0.15, 0.2) is 65.6 Å². The third-order valence-electron chi connectivity index (χ3n) is 5.48. The van der Waals surface area contributed by atoms with Crippen LogP contribution in [0.2, 0.25) is 0 Å². The molecule has 3 aromatic carbocycles. The molecule has 1 aliphatic heterocycles. The zero-order chi connectivity index (χ0) is 26.5. The van der Waals surface area contributed by atoms with Gasteiger partial charge in [-0.1, -0.05) is 29.8 Å². The number of imide groups is 1. The van der Waals surface area contributed by atoms with Crippen molar-refractivity contribution in [1.29, 1.82) is 0 Å². The fourth-order valence-corrected chi connectivity index (χ4v) is 5.15. The molecule has 190 valence electrons. The van der Waals surface area contributed by atoms with E-state index in [0.29, 0.717) is 37.7 Å². The Kier molecular flexibility index (Phi) is 8.55. The smallest absolute Gasteiger partial charge is 0.343 e. The number of nitrogens with zero attached hydrogens (tertiary/aromatic N) is 1. The Morgan fingerprint density at radius 1 is 1.05 bits per heavy atom. The van der Waals surface area contributed by atoms with Gasteiger partial charge in [0.2, 0.25) is 0 Å². The Bertz CT molecular complexity index is 1370. The van der Waals surface area contributed by atoms with Crippen LogP contribution in [0.4, 0.5) is 4.79 Å². The van der Waals surface area contributed by atoms with Gasteiger partial charge in [-0.05, 0) is 102 Å². The molecule has 1 saturated heterocycles. The third-order valence-corrected chi connectivity index (χ3v) is 7.19. The number of rotatable bonds is 8. The highest BCUT2D eigenvalue weighted by Gasteiger charge is 2.35. The number of hydrogen-bond donors (Lipinski definition) is 0. The van der Waals surface area contributed by atoms with E-state index >= 15 is 0 Å². The van der Waals surface area contributed by atoms with Crippen molar-refractivity contribution in [3.63, 3.8) is 0 Å². The van der Waals surface area contributed by atoms with Crippen molar-refractivity contribution in [3.05, 3.63) is 91.4 Å². The van der Waals surface area contributed by atoms with Crippen molar-refractivity contribution in [2.24, 2.45) is 0 Å². The summed E-state index contributed by atoms with van der Waals surface area (Å²) in [6, 6.07) is 17.8. The van der Waals surface area contributed by atoms with Gasteiger partial charge >= 0.3 is 5.97 Å². The predicted octanol–water partition coefficient (Wildman–Crippen LogP) is 6.46. The van der Waals surface area contributed by atoms with Crippen LogP contribution < -0.4 is 14.2 Å². The first kappa shape index (κ1) is 26.7. The quantitative estimate of drug-likeness (QED) is 0.122. The molecular formula is C28H24INO6S. The first-order valence-electron chi connectivity index (χ1n) is 11.4. The number of ether oxygens (including phenoxy) is 3. The van der Waals surface area contributed by atoms with Crippen LogP contribution >= 0.6 is 34.4 Å². The number of methoxy groups -OCH3 is 1. The molecule has 0 saturated carbocycles. The van der Waals surface area contributed by atoms with Gasteiger partial charge in [0.05, 0.1) is 34.3 Å². The highest BCUT2D eigenvalue weighted by atomic mass is 127. The molecule has 1 fully saturated rings. The lowest BCUT2D eigenvalue weighted by molar-refractivity contribution is -0.123. The first-order chi connectivity index (χ1) is 17.8. The summed E-state index contributed by atoms with van der Waals surface area (Å²) in [6.07, 6.45) is 1.65. The van der Waals surface area contributed by atoms with Crippen molar-refractivity contribution >= 4 is 57.5 Å². The van der Waals surface area contributed by atoms with E-state index < -0.39 is 5.97 Å². The lowest BCUT2D eigenvalue weighted by Crippen LogP contribution is -2.27. The van der Waals surface area contributed by atoms with Gasteiger partial charge in [0.15, 0.2) is 11.5 Å². The van der Waals surface area contributed by atoms with Crippen molar-refractivity contribution < 1.29 is 28.6 Å². The molecule has 0 unspecified atom stereocenters. The van der Waals surface area contributed by atoms with E-state index in [1.165, 1.54) is 4.90 Å². The van der Waals surface area contributed by atoms with Gasteiger partial charge in [-0.2, -0.15) is 0 Å². The molecule has 0 radical (unpaired) electrons. The second-order valence-electron chi connectivity index (χ2n) is 8.13. The second-order valence-corrected chi connectivity index (χ2v) is 10.3. The number of esters is 1. The second kappa shape index (κ2) is 11.8. The van der Waals surface area contributed by atoms with E-state index in [9.17, 15) is 14.4 Å². The van der Waals surface area contributed by atoms with Crippen molar-refractivity contribution in [2.45, 2.75) is 20.4 Å². The van der Waals surface area contributed by atoms with Gasteiger partial charge in [-0.15, -0.1) is 0 Å². The van der Waals surface area contributed by atoms with Crippen LogP contribution in [0.5, 0.6) is 17.2 Å². The van der Waals surface area contributed by atoms with E-state index in [2.05, 4.69) is 22.6 Å². The molecule has 1 aliphatic rings. The summed E-state index contributed by atoms with van der Waals surface area (Å²) in [5.41, 5.74) is 3.00. The largest absolute Gasteiger partial charge is 0.497 e. The summed E-state index contributed by atoms with van der Waals surface area (Å²) in [5, 5.41) is -0.318. The lowest BCUT2D eigenvalue weighted by atomic mass is 10.1. The van der Waals surface area contributed by atoms with Crippen LogP contribution in [-0.2, 0) is 11.3 Å². The van der Waals surface area contributed by atoms with E-state index in [4.69, 9.17) is 14.2 Å². The summed E-state index contributed by atoms with van der Waals surface area (Å²) in [5.74, 6) is 0.396. The molecule has 3 aromatic rings. The predicted molar refractivity (Wildman–Crippen MR) is 151 cm³/mol. The molecular weight excluding hydrogens is 605 g/mol. The van der Waals surface area contributed by atoms with Crippen molar-refractivity contribution in [2.75, 3.05) is 13.7 Å². The average molecular weight is 629 g/mol. The Morgan fingerprint density at radius 2 is 1.76 bits per heavy atom. The fraction of sp³-hybridized carbons (Fsp3) is 0.179.